The van der Waals surface area contributed by atoms with Crippen molar-refractivity contribution in [2.45, 2.75) is 0 Å². The Morgan fingerprint density at radius 3 is 3.00 bits per heavy atom. The van der Waals surface area contributed by atoms with Crippen LogP contribution < -0.4 is 0 Å². The van der Waals surface area contributed by atoms with Crippen LogP contribution in [0.3, 0.4) is 0 Å². The van der Waals surface area contributed by atoms with Gasteiger partial charge in [0.05, 0.1) is 1.37 Å². The van der Waals surface area contributed by atoms with Crippen molar-refractivity contribution in [1.82, 2.24) is 0 Å². The molecule has 0 saturated carbocycles. The zero-order valence-electron chi connectivity index (χ0n) is 5.90. The summed E-state index contributed by atoms with van der Waals surface area (Å²) in [6.45, 7) is 0. The minimum Gasteiger partial charge on any atom is -0.298 e. The van der Waals surface area contributed by atoms with Crippen molar-refractivity contribution in [3.05, 3.63) is 34.0 Å². The lowest BCUT2D eigenvalue weighted by Crippen LogP contribution is -1.81. The number of halogens is 2. The average Bonchev–Trinajstić information content (AvgIpc) is 1.96. The third-order valence-corrected chi connectivity index (χ3v) is 1.38. The van der Waals surface area contributed by atoms with Gasteiger partial charge in [0.15, 0.2) is 0 Å². The molecule has 0 unspecified atom stereocenters. The zero-order chi connectivity index (χ0) is 8.43. The largest absolute Gasteiger partial charge is 0.298 e. The fraction of sp³-hybridized carbons (Fsp3) is 0. The van der Waals surface area contributed by atoms with Gasteiger partial charge in [-0.05, 0) is 18.2 Å². The van der Waals surface area contributed by atoms with Crippen LogP contribution in [0.2, 0.25) is 0 Å². The van der Waals surface area contributed by atoms with Crippen LogP contribution >= 0.6 is 15.9 Å². The molecule has 0 heterocycles. The first kappa shape index (κ1) is 6.04. The lowest BCUT2D eigenvalue weighted by molar-refractivity contribution is 0.112. The van der Waals surface area contributed by atoms with Crippen molar-refractivity contribution in [3.63, 3.8) is 0 Å². The second kappa shape index (κ2) is 2.92. The molecule has 1 nitrogen and oxygen atoms in total. The molecule has 0 N–H and O–H groups in total. The third kappa shape index (κ3) is 1.64. The van der Waals surface area contributed by atoms with E-state index < -0.39 is 5.82 Å². The topological polar surface area (TPSA) is 17.1 Å². The van der Waals surface area contributed by atoms with Gasteiger partial charge in [0.25, 0.3) is 0 Å². The summed E-state index contributed by atoms with van der Waals surface area (Å²) in [6.07, 6.45) is 0.455. The molecule has 3 heteroatoms. The Kier molecular flexibility index (Phi) is 1.77. The number of hydrogen-bond donors (Lipinski definition) is 0. The molecule has 0 radical (unpaired) electrons. The van der Waals surface area contributed by atoms with Crippen LogP contribution in [0.15, 0.2) is 22.6 Å². The van der Waals surface area contributed by atoms with Gasteiger partial charge in [-0.2, -0.15) is 0 Å². The standard InChI is InChI=1S/C7H4BrFO/c8-6-1-5(4-10)2-7(9)3-6/h1-4H/i1D. The van der Waals surface area contributed by atoms with Crippen LogP contribution in [0.1, 0.15) is 11.7 Å². The van der Waals surface area contributed by atoms with Crippen LogP contribution in [-0.2, 0) is 0 Å². The number of rotatable bonds is 1. The normalized spacial score (nSPS) is 10.8. The van der Waals surface area contributed by atoms with Crippen molar-refractivity contribution < 1.29 is 10.6 Å². The Hall–Kier alpha value is -0.700. The summed E-state index contributed by atoms with van der Waals surface area (Å²) < 4.78 is 20.1. The smallest absolute Gasteiger partial charge is 0.150 e. The van der Waals surface area contributed by atoms with Crippen LogP contribution in [0.25, 0.3) is 0 Å². The number of carbonyl (C=O) groups excluding carboxylic acids is 1. The maximum absolute atomic E-state index is 12.5. The Morgan fingerprint density at radius 2 is 2.40 bits per heavy atom. The van der Waals surface area contributed by atoms with Gasteiger partial charge in [0.1, 0.15) is 12.1 Å². The van der Waals surface area contributed by atoms with Crippen molar-refractivity contribution in [2.24, 2.45) is 0 Å². The molecular formula is C7H4BrFO. The molecule has 0 atom stereocenters. The summed E-state index contributed by atoms with van der Waals surface area (Å²) in [5, 5.41) is 0. The lowest BCUT2D eigenvalue weighted by Gasteiger charge is -1.92. The van der Waals surface area contributed by atoms with E-state index in [1.54, 1.807) is 0 Å². The van der Waals surface area contributed by atoms with Gasteiger partial charge in [-0.1, -0.05) is 15.9 Å². The number of benzene rings is 1. The fourth-order valence-corrected chi connectivity index (χ4v) is 1.03. The second-order valence-electron chi connectivity index (χ2n) is 1.72. The number of aldehydes is 1. The third-order valence-electron chi connectivity index (χ3n) is 0.949. The summed E-state index contributed by atoms with van der Waals surface area (Å²) in [6, 6.07) is 2.19. The molecule has 10 heavy (non-hydrogen) atoms. The monoisotopic (exact) mass is 203 g/mol. The van der Waals surface area contributed by atoms with Gasteiger partial charge in [0.2, 0.25) is 0 Å². The molecule has 0 aliphatic rings. The Morgan fingerprint density at radius 1 is 1.70 bits per heavy atom. The molecule has 0 aromatic heterocycles. The van der Waals surface area contributed by atoms with E-state index in [-0.39, 0.29) is 11.6 Å². The Bertz CT molecular complexity index is 301. The van der Waals surface area contributed by atoms with E-state index in [1.165, 1.54) is 0 Å². The summed E-state index contributed by atoms with van der Waals surface area (Å²) in [5.74, 6) is -0.519. The molecule has 0 amide bonds. The molecule has 0 saturated heterocycles. The van der Waals surface area contributed by atoms with Crippen LogP contribution in [0.5, 0.6) is 0 Å². The molecule has 0 bridgehead atoms. The molecule has 0 fully saturated rings. The van der Waals surface area contributed by atoms with E-state index in [9.17, 15) is 9.18 Å². The van der Waals surface area contributed by atoms with E-state index in [1.807, 2.05) is 0 Å². The summed E-state index contributed by atoms with van der Waals surface area (Å²) in [4.78, 5) is 10.2. The predicted octanol–water partition coefficient (Wildman–Crippen LogP) is 2.40. The first-order valence-corrected chi connectivity index (χ1v) is 3.35. The molecular weight excluding hydrogens is 199 g/mol. The van der Waals surface area contributed by atoms with Gasteiger partial charge in [0, 0.05) is 10.0 Å². The minimum atomic E-state index is -0.519. The molecule has 0 spiro atoms. The van der Waals surface area contributed by atoms with E-state index in [2.05, 4.69) is 15.9 Å². The summed E-state index contributed by atoms with van der Waals surface area (Å²) >= 11 is 2.95. The van der Waals surface area contributed by atoms with Gasteiger partial charge in [-0.3, -0.25) is 4.79 Å². The maximum atomic E-state index is 12.5. The molecule has 52 valence electrons. The van der Waals surface area contributed by atoms with E-state index in [0.717, 1.165) is 12.1 Å². The highest BCUT2D eigenvalue weighted by Gasteiger charge is 1.95. The van der Waals surface area contributed by atoms with Crippen molar-refractivity contribution >= 4 is 22.2 Å². The van der Waals surface area contributed by atoms with E-state index in [4.69, 9.17) is 1.37 Å². The summed E-state index contributed by atoms with van der Waals surface area (Å²) in [5.41, 5.74) is 0.0527. The SMILES string of the molecule is [2H]c1c(Br)cc(F)cc1C=O. The van der Waals surface area contributed by atoms with Gasteiger partial charge >= 0.3 is 0 Å². The van der Waals surface area contributed by atoms with Crippen molar-refractivity contribution in [1.29, 1.82) is 0 Å². The van der Waals surface area contributed by atoms with Gasteiger partial charge < -0.3 is 0 Å². The number of hydrogen-bond acceptors (Lipinski definition) is 1. The second-order valence-corrected chi connectivity index (χ2v) is 2.57. The minimum absolute atomic E-state index is 0.0152. The Labute approximate surface area is 67.4 Å². The zero-order valence-corrected chi connectivity index (χ0v) is 6.48. The average molecular weight is 204 g/mol. The number of carbonyl (C=O) groups is 1. The van der Waals surface area contributed by atoms with Crippen LogP contribution in [0, 0.1) is 5.82 Å². The van der Waals surface area contributed by atoms with E-state index >= 15 is 0 Å². The quantitative estimate of drug-likeness (QED) is 0.642. The maximum Gasteiger partial charge on any atom is 0.150 e. The van der Waals surface area contributed by atoms with Gasteiger partial charge in [-0.25, -0.2) is 4.39 Å². The van der Waals surface area contributed by atoms with E-state index in [0.29, 0.717) is 10.8 Å². The lowest BCUT2D eigenvalue weighted by atomic mass is 10.2. The van der Waals surface area contributed by atoms with Crippen LogP contribution in [-0.4, -0.2) is 6.29 Å². The van der Waals surface area contributed by atoms with Gasteiger partial charge in [-0.15, -0.1) is 0 Å². The molecule has 0 aliphatic heterocycles. The molecule has 0 aliphatic carbocycles. The van der Waals surface area contributed by atoms with Crippen LogP contribution in [0.4, 0.5) is 4.39 Å². The first-order chi connectivity index (χ1) is 5.15. The highest BCUT2D eigenvalue weighted by atomic mass is 79.9. The molecule has 1 rings (SSSR count). The van der Waals surface area contributed by atoms with Crippen molar-refractivity contribution in [2.75, 3.05) is 0 Å². The summed E-state index contributed by atoms with van der Waals surface area (Å²) in [7, 11) is 0. The molecule has 1 aromatic carbocycles. The molecule has 1 aromatic rings. The highest BCUT2D eigenvalue weighted by molar-refractivity contribution is 9.10. The predicted molar refractivity (Wildman–Crippen MR) is 39.5 cm³/mol. The highest BCUT2D eigenvalue weighted by Crippen LogP contribution is 2.13. The van der Waals surface area contributed by atoms with Crippen molar-refractivity contribution in [3.8, 4) is 0 Å². The fourth-order valence-electron chi connectivity index (χ4n) is 0.585. The Balaban J connectivity index is 3.35. The first-order valence-electron chi connectivity index (χ1n) is 3.06.